The van der Waals surface area contributed by atoms with Crippen LogP contribution < -0.4 is 0 Å². The van der Waals surface area contributed by atoms with Crippen molar-refractivity contribution < 1.29 is 143 Å². The molecule has 0 amide bonds. The van der Waals surface area contributed by atoms with Crippen LogP contribution in [-0.4, -0.2) is 279 Å². The number of aliphatic carboxylic acids is 2. The fourth-order valence-corrected chi connectivity index (χ4v) is 7.74. The molecule has 16 N–H and O–H groups in total. The SMILES string of the molecule is CC1(C(=O)O)OC[C@H]2O[C@@H](O[C@H]3[C@H](O)[C@@H](O)[C@H](O[C@@H]4[C@@H](O[C@@H]5[C@@H](O)[C@H](O[C@H]6[C@H](O)[C@@H](O)C(O)O[C@@H]6CO)O[C@H](CO)[C@H]5O)O[C@H](CO)[C@@H](O)[C@@H]4O)O[C@@H]3C(=O)O)[C@@H](O)[C@@H](O)[C@@H]2O1. The van der Waals surface area contributed by atoms with Crippen molar-refractivity contribution in [1.82, 2.24) is 0 Å². The molecular weight excluding hydrogens is 860 g/mol. The van der Waals surface area contributed by atoms with Crippen LogP contribution >= 0.6 is 0 Å². The van der Waals surface area contributed by atoms with Gasteiger partial charge in [0.05, 0.1) is 26.4 Å². The second-order valence-electron chi connectivity index (χ2n) is 15.5. The minimum atomic E-state index is -2.35. The van der Waals surface area contributed by atoms with E-state index in [0.717, 1.165) is 6.92 Å². The highest BCUT2D eigenvalue weighted by atomic mass is 16.8. The van der Waals surface area contributed by atoms with E-state index in [9.17, 15) is 91.3 Å². The molecule has 29 heteroatoms. The van der Waals surface area contributed by atoms with Gasteiger partial charge in [0.15, 0.2) is 37.6 Å². The summed E-state index contributed by atoms with van der Waals surface area (Å²) < 4.78 is 60.0. The molecule has 2 unspecified atom stereocenters. The summed E-state index contributed by atoms with van der Waals surface area (Å²) >= 11 is 0. The monoisotopic (exact) mass is 912 g/mol. The quantitative estimate of drug-likeness (QED) is 0.0816. The van der Waals surface area contributed by atoms with Crippen molar-refractivity contribution in [3.63, 3.8) is 0 Å². The van der Waals surface area contributed by atoms with Crippen LogP contribution in [0.5, 0.6) is 0 Å². The zero-order chi connectivity index (χ0) is 45.7. The Morgan fingerprint density at radius 3 is 1.63 bits per heavy atom. The number of carboxylic acid groups (broad SMARTS) is 2. The third-order valence-corrected chi connectivity index (χ3v) is 11.4. The van der Waals surface area contributed by atoms with Gasteiger partial charge in [0.1, 0.15) is 116 Å². The smallest absolute Gasteiger partial charge is 0.364 e. The lowest BCUT2D eigenvalue weighted by molar-refractivity contribution is -0.406. The Balaban J connectivity index is 1.19. The van der Waals surface area contributed by atoms with E-state index in [1.165, 1.54) is 0 Å². The van der Waals surface area contributed by atoms with Crippen molar-refractivity contribution in [2.75, 3.05) is 26.4 Å². The summed E-state index contributed by atoms with van der Waals surface area (Å²) in [5.41, 5.74) is 0. The van der Waals surface area contributed by atoms with Gasteiger partial charge in [0.25, 0.3) is 5.79 Å². The number of aliphatic hydroxyl groups is 14. The molecule has 6 aliphatic rings. The van der Waals surface area contributed by atoms with Gasteiger partial charge in [-0.1, -0.05) is 0 Å². The second-order valence-corrected chi connectivity index (χ2v) is 15.5. The fourth-order valence-electron chi connectivity index (χ4n) is 7.74. The van der Waals surface area contributed by atoms with Gasteiger partial charge in [-0.05, 0) is 0 Å². The normalized spacial score (nSPS) is 52.5. The molecule has 29 nitrogen and oxygen atoms in total. The van der Waals surface area contributed by atoms with Crippen LogP contribution in [0, 0.1) is 0 Å². The van der Waals surface area contributed by atoms with E-state index in [2.05, 4.69) is 0 Å². The molecule has 358 valence electrons. The first-order chi connectivity index (χ1) is 29.2. The highest BCUT2D eigenvalue weighted by Gasteiger charge is 2.59. The average molecular weight is 913 g/mol. The van der Waals surface area contributed by atoms with Crippen molar-refractivity contribution in [1.29, 1.82) is 0 Å². The number of rotatable bonds is 13. The Kier molecular flexibility index (Phi) is 15.8. The van der Waals surface area contributed by atoms with Crippen LogP contribution in [0.25, 0.3) is 0 Å². The van der Waals surface area contributed by atoms with Crippen molar-refractivity contribution >= 4 is 11.9 Å². The van der Waals surface area contributed by atoms with E-state index in [0.29, 0.717) is 0 Å². The molecule has 62 heavy (non-hydrogen) atoms. The largest absolute Gasteiger partial charge is 0.479 e. The molecular formula is C33H52O29. The van der Waals surface area contributed by atoms with Gasteiger partial charge in [-0.15, -0.1) is 0 Å². The molecule has 6 rings (SSSR count). The van der Waals surface area contributed by atoms with E-state index in [1.807, 2.05) is 0 Å². The lowest BCUT2D eigenvalue weighted by atomic mass is 9.95. The number of ether oxygens (including phenoxy) is 11. The Morgan fingerprint density at radius 1 is 0.516 bits per heavy atom. The molecule has 0 aliphatic carbocycles. The first kappa shape index (κ1) is 49.4. The van der Waals surface area contributed by atoms with E-state index < -0.39 is 198 Å². The van der Waals surface area contributed by atoms with Crippen molar-refractivity contribution in [3.8, 4) is 0 Å². The lowest BCUT2D eigenvalue weighted by Crippen LogP contribution is -2.69. The Bertz CT molecular complexity index is 1510. The number of hydrogen-bond donors (Lipinski definition) is 16. The molecule has 0 aromatic heterocycles. The maximum Gasteiger partial charge on any atom is 0.364 e. The number of carboxylic acids is 2. The summed E-state index contributed by atoms with van der Waals surface area (Å²) in [6.45, 7) is -2.41. The first-order valence-electron chi connectivity index (χ1n) is 19.2. The van der Waals surface area contributed by atoms with E-state index in [1.54, 1.807) is 0 Å². The summed E-state index contributed by atoms with van der Waals surface area (Å²) in [6, 6.07) is 0. The zero-order valence-corrected chi connectivity index (χ0v) is 32.2. The third kappa shape index (κ3) is 9.46. The third-order valence-electron chi connectivity index (χ3n) is 11.4. The highest BCUT2D eigenvalue weighted by Crippen LogP contribution is 2.38. The standard InChI is InChI=1S/C33H52O29/c1-33(32(50)51)52-5-9-21(62-33)14(41)17(44)28(56-9)59-23-15(42)18(45)29(61-25(23)26(47)48)60-24-12(39)10(37)6(2-34)55-31(24)58-22-11(38)7(3-35)54-30(19(22)46)57-20-8(4-36)53-27(49)16(43)13(20)40/h6-25,27-31,34-46,49H,2-5H2,1H3,(H,47,48)(H,50,51)/t6-,7-,8-,9-,10-,11-,12+,13-,14-,15-,16-,17+,18-,19-,20-,21-,22+,23+,24+,25+,27?,28+,29-,30+,31-,33?/m1/s1. The molecule has 6 saturated heterocycles. The van der Waals surface area contributed by atoms with Gasteiger partial charge in [-0.25, -0.2) is 9.59 Å². The zero-order valence-electron chi connectivity index (χ0n) is 32.2. The average Bonchev–Trinajstić information content (AvgIpc) is 3.24. The molecule has 26 atom stereocenters. The predicted octanol–water partition coefficient (Wildman–Crippen LogP) is -11.0. The molecule has 0 spiro atoms. The minimum Gasteiger partial charge on any atom is -0.479 e. The Labute approximate surface area is 348 Å². The predicted molar refractivity (Wildman–Crippen MR) is 181 cm³/mol. The highest BCUT2D eigenvalue weighted by molar-refractivity contribution is 5.75. The second kappa shape index (κ2) is 19.8. The van der Waals surface area contributed by atoms with Crippen molar-refractivity contribution in [3.05, 3.63) is 0 Å². The summed E-state index contributed by atoms with van der Waals surface area (Å²) in [5, 5.41) is 168. The van der Waals surface area contributed by atoms with Crippen LogP contribution in [0.1, 0.15) is 6.92 Å². The first-order valence-corrected chi connectivity index (χ1v) is 19.2. The van der Waals surface area contributed by atoms with Crippen molar-refractivity contribution in [2.45, 2.75) is 166 Å². The summed E-state index contributed by atoms with van der Waals surface area (Å²) in [7, 11) is 0. The molecule has 6 fully saturated rings. The number of hydrogen-bond acceptors (Lipinski definition) is 27. The Morgan fingerprint density at radius 2 is 1.02 bits per heavy atom. The molecule has 0 saturated carbocycles. The van der Waals surface area contributed by atoms with E-state index in [4.69, 9.17) is 52.1 Å². The van der Waals surface area contributed by atoms with Crippen LogP contribution in [0.2, 0.25) is 0 Å². The molecule has 0 radical (unpaired) electrons. The van der Waals surface area contributed by atoms with Crippen LogP contribution in [0.4, 0.5) is 0 Å². The molecule has 0 aromatic rings. The number of fused-ring (bicyclic) bond motifs is 1. The molecule has 0 aromatic carbocycles. The van der Waals surface area contributed by atoms with Crippen LogP contribution in [0.15, 0.2) is 0 Å². The van der Waals surface area contributed by atoms with Crippen molar-refractivity contribution in [2.24, 2.45) is 0 Å². The maximum atomic E-state index is 12.5. The topological polar surface area (TPSA) is 459 Å². The summed E-state index contributed by atoms with van der Waals surface area (Å²) in [6.07, 6.45) is -49.7. The number of carbonyl (C=O) groups is 2. The van der Waals surface area contributed by atoms with Gasteiger partial charge < -0.3 is 134 Å². The summed E-state index contributed by atoms with van der Waals surface area (Å²) in [4.78, 5) is 24.1. The van der Waals surface area contributed by atoms with E-state index >= 15 is 0 Å². The van der Waals surface area contributed by atoms with Gasteiger partial charge in [-0.3, -0.25) is 0 Å². The lowest BCUT2D eigenvalue weighted by Gasteiger charge is -2.50. The van der Waals surface area contributed by atoms with Gasteiger partial charge >= 0.3 is 11.9 Å². The fraction of sp³-hybridized carbons (Fsp3) is 0.939. The van der Waals surface area contributed by atoms with Gasteiger partial charge in [-0.2, -0.15) is 0 Å². The Hall–Kier alpha value is -2.06. The van der Waals surface area contributed by atoms with Gasteiger partial charge in [0, 0.05) is 6.92 Å². The van der Waals surface area contributed by atoms with Gasteiger partial charge in [0.2, 0.25) is 0 Å². The maximum absolute atomic E-state index is 12.5. The van der Waals surface area contributed by atoms with Crippen LogP contribution in [-0.2, 0) is 61.7 Å². The molecule has 6 heterocycles. The number of aliphatic hydroxyl groups excluding tert-OH is 14. The minimum absolute atomic E-state index is 0.534. The molecule has 0 bridgehead atoms. The van der Waals surface area contributed by atoms with Crippen LogP contribution in [0.3, 0.4) is 0 Å². The summed E-state index contributed by atoms with van der Waals surface area (Å²) in [5.74, 6) is -5.69. The molecule has 6 aliphatic heterocycles. The van der Waals surface area contributed by atoms with E-state index in [-0.39, 0.29) is 0 Å².